The van der Waals surface area contributed by atoms with Crippen molar-refractivity contribution in [2.45, 2.75) is 24.8 Å². The van der Waals surface area contributed by atoms with Crippen LogP contribution in [0.2, 0.25) is 0 Å². The van der Waals surface area contributed by atoms with Crippen molar-refractivity contribution in [2.24, 2.45) is 0 Å². The number of oxazole rings is 1. The average Bonchev–Trinajstić information content (AvgIpc) is 2.84. The normalized spacial score (nSPS) is 11.7. The fourth-order valence-electron chi connectivity index (χ4n) is 1.63. The Balaban J connectivity index is 2.19. The van der Waals surface area contributed by atoms with E-state index < -0.39 is 20.7 Å². The van der Waals surface area contributed by atoms with E-state index in [4.69, 9.17) is 10.2 Å². The zero-order valence-electron chi connectivity index (χ0n) is 10.8. The molecule has 0 saturated heterocycles. The predicted octanol–water partition coefficient (Wildman–Crippen LogP) is 1.44. The van der Waals surface area contributed by atoms with Crippen LogP contribution >= 0.6 is 0 Å². The molecule has 0 aliphatic heterocycles. The number of aromatic nitrogens is 1. The number of anilines is 1. The summed E-state index contributed by atoms with van der Waals surface area (Å²) in [6, 6.07) is 3.69. The van der Waals surface area contributed by atoms with Crippen molar-refractivity contribution in [2.75, 3.05) is 5.73 Å². The lowest BCUT2D eigenvalue weighted by Crippen LogP contribution is -2.25. The first-order valence-electron chi connectivity index (χ1n) is 5.91. The van der Waals surface area contributed by atoms with E-state index in [1.807, 2.05) is 6.92 Å². The largest absolute Gasteiger partial charge is 0.444 e. The molecule has 0 unspecified atom stereocenters. The number of halogens is 1. The van der Waals surface area contributed by atoms with Gasteiger partial charge in [0.1, 0.15) is 16.5 Å². The molecule has 0 aliphatic rings. The predicted molar refractivity (Wildman–Crippen MR) is 70.7 cm³/mol. The Labute approximate surface area is 115 Å². The third-order valence-electron chi connectivity index (χ3n) is 2.63. The number of hydrogen-bond donors (Lipinski definition) is 2. The van der Waals surface area contributed by atoms with Gasteiger partial charge >= 0.3 is 0 Å². The highest BCUT2D eigenvalue weighted by Crippen LogP contribution is 2.21. The van der Waals surface area contributed by atoms with Gasteiger partial charge in [-0.3, -0.25) is 0 Å². The monoisotopic (exact) mass is 299 g/mol. The number of nitrogens with zero attached hydrogens (tertiary/aromatic N) is 1. The Morgan fingerprint density at radius 2 is 2.20 bits per heavy atom. The standard InChI is InChI=1S/C12H14FN3O3S/c1-2-8-6-15-11(19-8)7-16-20(17,18)12-9(13)4-3-5-10(12)14/h3-6,16H,2,7,14H2,1H3. The topological polar surface area (TPSA) is 98.2 Å². The van der Waals surface area contributed by atoms with E-state index >= 15 is 0 Å². The highest BCUT2D eigenvalue weighted by molar-refractivity contribution is 7.89. The van der Waals surface area contributed by atoms with Gasteiger partial charge in [0.05, 0.1) is 18.4 Å². The minimum Gasteiger partial charge on any atom is -0.444 e. The van der Waals surface area contributed by atoms with Crippen molar-refractivity contribution in [1.29, 1.82) is 0 Å². The fraction of sp³-hybridized carbons (Fsp3) is 0.250. The van der Waals surface area contributed by atoms with E-state index in [-0.39, 0.29) is 18.1 Å². The maximum Gasteiger partial charge on any atom is 0.246 e. The molecule has 0 bridgehead atoms. The molecule has 0 saturated carbocycles. The number of nitrogens with two attached hydrogens (primary N) is 1. The second kappa shape index (κ2) is 5.59. The summed E-state index contributed by atoms with van der Waals surface area (Å²) in [5.41, 5.74) is 5.35. The molecule has 2 aromatic rings. The third-order valence-corrected chi connectivity index (χ3v) is 4.12. The second-order valence-electron chi connectivity index (χ2n) is 4.06. The van der Waals surface area contributed by atoms with Crippen molar-refractivity contribution < 1.29 is 17.2 Å². The second-order valence-corrected chi connectivity index (χ2v) is 5.76. The van der Waals surface area contributed by atoms with E-state index in [0.717, 1.165) is 6.07 Å². The van der Waals surface area contributed by atoms with Crippen molar-refractivity contribution in [3.63, 3.8) is 0 Å². The maximum absolute atomic E-state index is 13.6. The van der Waals surface area contributed by atoms with Gasteiger partial charge in [0.25, 0.3) is 0 Å². The molecule has 2 rings (SSSR count). The van der Waals surface area contributed by atoms with E-state index in [9.17, 15) is 12.8 Å². The summed E-state index contributed by atoms with van der Waals surface area (Å²) in [6.45, 7) is 1.71. The summed E-state index contributed by atoms with van der Waals surface area (Å²) in [4.78, 5) is 3.34. The van der Waals surface area contributed by atoms with Crippen LogP contribution in [0.5, 0.6) is 0 Å². The lowest BCUT2D eigenvalue weighted by molar-refractivity contribution is 0.451. The molecule has 0 amide bonds. The molecular weight excluding hydrogens is 285 g/mol. The van der Waals surface area contributed by atoms with E-state index in [1.54, 1.807) is 0 Å². The first-order valence-corrected chi connectivity index (χ1v) is 7.39. The molecule has 0 aliphatic carbocycles. The number of nitrogens with one attached hydrogen (secondary N) is 1. The van der Waals surface area contributed by atoms with Gasteiger partial charge in [-0.25, -0.2) is 22.5 Å². The molecule has 108 valence electrons. The van der Waals surface area contributed by atoms with Crippen LogP contribution in [0.1, 0.15) is 18.6 Å². The Morgan fingerprint density at radius 3 is 2.80 bits per heavy atom. The van der Waals surface area contributed by atoms with Gasteiger partial charge in [-0.15, -0.1) is 0 Å². The number of rotatable bonds is 5. The van der Waals surface area contributed by atoms with E-state index in [1.165, 1.54) is 18.3 Å². The van der Waals surface area contributed by atoms with Crippen LogP contribution in [0.25, 0.3) is 0 Å². The summed E-state index contributed by atoms with van der Waals surface area (Å²) in [5.74, 6) is -0.0518. The van der Waals surface area contributed by atoms with Crippen molar-refractivity contribution in [3.05, 3.63) is 41.9 Å². The van der Waals surface area contributed by atoms with Crippen LogP contribution in [0.4, 0.5) is 10.1 Å². The van der Waals surface area contributed by atoms with Gasteiger partial charge in [0.2, 0.25) is 15.9 Å². The van der Waals surface area contributed by atoms with Gasteiger partial charge in [-0.2, -0.15) is 0 Å². The summed E-state index contributed by atoms with van der Waals surface area (Å²) < 4.78 is 45.1. The zero-order chi connectivity index (χ0) is 14.8. The first kappa shape index (κ1) is 14.5. The van der Waals surface area contributed by atoms with Crippen molar-refractivity contribution in [1.82, 2.24) is 9.71 Å². The molecular formula is C12H14FN3O3S. The number of nitrogen functional groups attached to an aromatic ring is 1. The molecule has 3 N–H and O–H groups in total. The molecule has 1 aromatic carbocycles. The van der Waals surface area contributed by atoms with E-state index in [0.29, 0.717) is 12.2 Å². The lowest BCUT2D eigenvalue weighted by Gasteiger charge is -2.08. The number of sulfonamides is 1. The van der Waals surface area contributed by atoms with Crippen molar-refractivity contribution >= 4 is 15.7 Å². The van der Waals surface area contributed by atoms with Gasteiger partial charge in [-0.05, 0) is 12.1 Å². The van der Waals surface area contributed by atoms with Gasteiger partial charge in [0.15, 0.2) is 0 Å². The van der Waals surface area contributed by atoms with Gasteiger partial charge < -0.3 is 10.2 Å². The Bertz CT molecular complexity index is 692. The highest BCUT2D eigenvalue weighted by atomic mass is 32.2. The smallest absolute Gasteiger partial charge is 0.246 e. The van der Waals surface area contributed by atoms with Crippen LogP contribution in [0.3, 0.4) is 0 Å². The number of benzene rings is 1. The highest BCUT2D eigenvalue weighted by Gasteiger charge is 2.22. The van der Waals surface area contributed by atoms with Gasteiger partial charge in [-0.1, -0.05) is 13.0 Å². The maximum atomic E-state index is 13.6. The molecule has 0 fully saturated rings. The van der Waals surface area contributed by atoms with Crippen LogP contribution in [0.15, 0.2) is 33.7 Å². The SMILES string of the molecule is CCc1cnc(CNS(=O)(=O)c2c(N)cccc2F)o1. The first-order chi connectivity index (χ1) is 9.44. The quantitative estimate of drug-likeness (QED) is 0.814. The van der Waals surface area contributed by atoms with E-state index in [2.05, 4.69) is 9.71 Å². The molecule has 0 radical (unpaired) electrons. The molecule has 1 heterocycles. The lowest BCUT2D eigenvalue weighted by atomic mass is 10.3. The Morgan fingerprint density at radius 1 is 1.45 bits per heavy atom. The summed E-state index contributed by atoms with van der Waals surface area (Å²) in [6.07, 6.45) is 2.17. The molecule has 0 spiro atoms. The third kappa shape index (κ3) is 2.97. The van der Waals surface area contributed by atoms with Crippen molar-refractivity contribution in [3.8, 4) is 0 Å². The minimum absolute atomic E-state index is 0.154. The molecule has 0 atom stereocenters. The molecule has 20 heavy (non-hydrogen) atoms. The average molecular weight is 299 g/mol. The summed E-state index contributed by atoms with van der Waals surface area (Å²) in [7, 11) is -4.07. The number of hydrogen-bond acceptors (Lipinski definition) is 5. The van der Waals surface area contributed by atoms with Crippen LogP contribution in [-0.4, -0.2) is 13.4 Å². The van der Waals surface area contributed by atoms with Crippen LogP contribution in [-0.2, 0) is 23.0 Å². The summed E-state index contributed by atoms with van der Waals surface area (Å²) >= 11 is 0. The zero-order valence-corrected chi connectivity index (χ0v) is 11.6. The molecule has 1 aromatic heterocycles. The Kier molecular flexibility index (Phi) is 4.05. The van der Waals surface area contributed by atoms with Gasteiger partial charge in [0, 0.05) is 6.42 Å². The van der Waals surface area contributed by atoms with Crippen LogP contribution < -0.4 is 10.5 Å². The minimum atomic E-state index is -4.07. The molecule has 6 nitrogen and oxygen atoms in total. The fourth-order valence-corrected chi connectivity index (χ4v) is 2.79. The van der Waals surface area contributed by atoms with Crippen LogP contribution in [0, 0.1) is 5.82 Å². The summed E-state index contributed by atoms with van der Waals surface area (Å²) in [5, 5.41) is 0. The number of aryl methyl sites for hydroxylation is 1. The molecule has 8 heteroatoms. The Hall–Kier alpha value is -1.93.